The summed E-state index contributed by atoms with van der Waals surface area (Å²) in [5.74, 6) is 4.11. The molecule has 0 saturated carbocycles. The van der Waals surface area contributed by atoms with Crippen molar-refractivity contribution in [3.8, 4) is 11.6 Å². The number of benzene rings is 1. The third kappa shape index (κ3) is 3.65. The molecule has 2 aliphatic rings. The van der Waals surface area contributed by atoms with Crippen LogP contribution >= 0.6 is 11.8 Å². The van der Waals surface area contributed by atoms with Crippen LogP contribution in [0.3, 0.4) is 0 Å². The van der Waals surface area contributed by atoms with Crippen LogP contribution in [0, 0.1) is 0 Å². The number of pyridine rings is 1. The summed E-state index contributed by atoms with van der Waals surface area (Å²) in [6.45, 7) is 1.77. The molecule has 1 saturated heterocycles. The first kappa shape index (κ1) is 17.2. The molecule has 1 aromatic heterocycles. The first-order chi connectivity index (χ1) is 12.8. The molecule has 0 unspecified atom stereocenters. The monoisotopic (exact) mass is 369 g/mol. The van der Waals surface area contributed by atoms with E-state index in [1.807, 2.05) is 30.0 Å². The number of aromatic nitrogens is 1. The Kier molecular flexibility index (Phi) is 5.29. The number of hydrogen-bond donors (Lipinski definition) is 1. The molecule has 136 valence electrons. The van der Waals surface area contributed by atoms with Crippen molar-refractivity contribution in [1.29, 1.82) is 0 Å². The first-order valence-electron chi connectivity index (χ1n) is 9.15. The Morgan fingerprint density at radius 3 is 2.85 bits per heavy atom. The molecule has 0 atom stereocenters. The van der Waals surface area contributed by atoms with Gasteiger partial charge in [-0.15, -0.1) is 0 Å². The summed E-state index contributed by atoms with van der Waals surface area (Å²) in [4.78, 5) is 6.48. The van der Waals surface area contributed by atoms with E-state index in [2.05, 4.69) is 27.2 Å². The molecule has 26 heavy (non-hydrogen) atoms. The Balaban J connectivity index is 1.58. The highest BCUT2D eigenvalue weighted by molar-refractivity contribution is 7.99. The molecule has 6 heteroatoms. The predicted molar refractivity (Wildman–Crippen MR) is 105 cm³/mol. The molecule has 2 heterocycles. The third-order valence-electron chi connectivity index (χ3n) is 4.97. The van der Waals surface area contributed by atoms with Gasteiger partial charge in [0.1, 0.15) is 5.75 Å². The molecule has 1 aliphatic heterocycles. The van der Waals surface area contributed by atoms with E-state index in [0.29, 0.717) is 11.7 Å². The lowest BCUT2D eigenvalue weighted by molar-refractivity contribution is 0.303. The fourth-order valence-electron chi connectivity index (χ4n) is 3.64. The van der Waals surface area contributed by atoms with E-state index in [4.69, 9.17) is 4.74 Å². The van der Waals surface area contributed by atoms with Crippen molar-refractivity contribution < 1.29 is 9.94 Å². The number of oxime groups is 1. The van der Waals surface area contributed by atoms with E-state index < -0.39 is 0 Å². The van der Waals surface area contributed by atoms with Crippen LogP contribution in [-0.2, 0) is 12.8 Å². The number of fused-ring (bicyclic) bond motifs is 1. The van der Waals surface area contributed by atoms with Gasteiger partial charge < -0.3 is 14.8 Å². The molecule has 0 radical (unpaired) electrons. The first-order valence-corrected chi connectivity index (χ1v) is 10.3. The van der Waals surface area contributed by atoms with Gasteiger partial charge in [0.25, 0.3) is 0 Å². The molecule has 4 rings (SSSR count). The summed E-state index contributed by atoms with van der Waals surface area (Å²) in [6, 6.07) is 9.98. The average Bonchev–Trinajstić information content (AvgIpc) is 2.70. The highest BCUT2D eigenvalue weighted by atomic mass is 32.2. The predicted octanol–water partition coefficient (Wildman–Crippen LogP) is 3.94. The SMILES string of the molecule is O/N=C(/c1ccnc(Oc2cccc3c2CCCC3)c1)N1CCSCC1. The zero-order valence-corrected chi connectivity index (χ0v) is 15.5. The third-order valence-corrected chi connectivity index (χ3v) is 5.91. The van der Waals surface area contributed by atoms with E-state index in [1.165, 1.54) is 24.0 Å². The Hall–Kier alpha value is -2.21. The molecular weight excluding hydrogens is 346 g/mol. The molecular formula is C20H23N3O2S. The van der Waals surface area contributed by atoms with Gasteiger partial charge in [-0.3, -0.25) is 0 Å². The number of aryl methyl sites for hydroxylation is 1. The molecule has 2 aromatic rings. The van der Waals surface area contributed by atoms with Gasteiger partial charge in [0, 0.05) is 42.4 Å². The molecule has 1 aromatic carbocycles. The minimum atomic E-state index is 0.536. The van der Waals surface area contributed by atoms with E-state index in [-0.39, 0.29) is 0 Å². The second-order valence-electron chi connectivity index (χ2n) is 6.61. The Labute approximate surface area is 158 Å². The van der Waals surface area contributed by atoms with Crippen molar-refractivity contribution in [3.05, 3.63) is 53.2 Å². The summed E-state index contributed by atoms with van der Waals surface area (Å²) in [5, 5.41) is 13.1. The topological polar surface area (TPSA) is 58.0 Å². The zero-order valence-electron chi connectivity index (χ0n) is 14.7. The van der Waals surface area contributed by atoms with Gasteiger partial charge in [0.15, 0.2) is 5.84 Å². The quantitative estimate of drug-likeness (QED) is 0.384. The summed E-state index contributed by atoms with van der Waals surface area (Å²) in [6.07, 6.45) is 6.34. The highest BCUT2D eigenvalue weighted by Crippen LogP contribution is 2.32. The lowest BCUT2D eigenvalue weighted by atomic mass is 9.91. The second kappa shape index (κ2) is 7.99. The van der Waals surface area contributed by atoms with E-state index in [0.717, 1.165) is 48.7 Å². The van der Waals surface area contributed by atoms with Gasteiger partial charge in [0.05, 0.1) is 0 Å². The lowest BCUT2D eigenvalue weighted by Crippen LogP contribution is -2.38. The second-order valence-corrected chi connectivity index (χ2v) is 7.83. The van der Waals surface area contributed by atoms with Gasteiger partial charge in [-0.25, -0.2) is 4.98 Å². The number of thioether (sulfide) groups is 1. The lowest BCUT2D eigenvalue weighted by Gasteiger charge is -2.28. The Bertz CT molecular complexity index is 803. The van der Waals surface area contributed by atoms with Crippen molar-refractivity contribution in [2.75, 3.05) is 24.6 Å². The normalized spacial score (nSPS) is 17.7. The number of rotatable bonds is 3. The van der Waals surface area contributed by atoms with Crippen LogP contribution in [0.1, 0.15) is 29.5 Å². The molecule has 1 aliphatic carbocycles. The maximum absolute atomic E-state index is 9.55. The molecule has 1 N–H and O–H groups in total. The van der Waals surface area contributed by atoms with Gasteiger partial charge in [0.2, 0.25) is 5.88 Å². The molecule has 0 amide bonds. The standard InChI is InChI=1S/C20H23N3O2S/c24-22-20(23-10-12-26-13-11-23)16-8-9-21-19(14-16)25-18-7-3-5-15-4-1-2-6-17(15)18/h3,5,7-9,14,24H,1-2,4,6,10-13H2/b22-20-. The average molecular weight is 369 g/mol. The van der Waals surface area contributed by atoms with E-state index >= 15 is 0 Å². The smallest absolute Gasteiger partial charge is 0.219 e. The van der Waals surface area contributed by atoms with Gasteiger partial charge in [-0.2, -0.15) is 11.8 Å². The zero-order chi connectivity index (χ0) is 17.8. The molecule has 5 nitrogen and oxygen atoms in total. The molecule has 1 fully saturated rings. The minimum absolute atomic E-state index is 0.536. The minimum Gasteiger partial charge on any atom is -0.439 e. The molecule has 0 spiro atoms. The van der Waals surface area contributed by atoms with Crippen molar-refractivity contribution in [2.24, 2.45) is 5.16 Å². The highest BCUT2D eigenvalue weighted by Gasteiger charge is 2.19. The van der Waals surface area contributed by atoms with Crippen molar-refractivity contribution in [3.63, 3.8) is 0 Å². The fraction of sp³-hybridized carbons (Fsp3) is 0.400. The summed E-state index contributed by atoms with van der Waals surface area (Å²) >= 11 is 1.92. The van der Waals surface area contributed by atoms with Crippen LogP contribution in [-0.4, -0.2) is 45.5 Å². The number of amidine groups is 1. The van der Waals surface area contributed by atoms with Gasteiger partial charge >= 0.3 is 0 Å². The maximum atomic E-state index is 9.55. The van der Waals surface area contributed by atoms with Gasteiger partial charge in [-0.05, 0) is 48.9 Å². The maximum Gasteiger partial charge on any atom is 0.219 e. The Morgan fingerprint density at radius 2 is 2.00 bits per heavy atom. The van der Waals surface area contributed by atoms with Crippen LogP contribution < -0.4 is 4.74 Å². The number of ether oxygens (including phenoxy) is 1. The largest absolute Gasteiger partial charge is 0.439 e. The summed E-state index contributed by atoms with van der Waals surface area (Å²) < 4.78 is 6.13. The van der Waals surface area contributed by atoms with Crippen LogP contribution in [0.5, 0.6) is 11.6 Å². The number of nitrogens with zero attached hydrogens (tertiary/aromatic N) is 3. The van der Waals surface area contributed by atoms with E-state index in [1.54, 1.807) is 6.20 Å². The number of hydrogen-bond acceptors (Lipinski definition) is 5. The van der Waals surface area contributed by atoms with Gasteiger partial charge in [-0.1, -0.05) is 17.3 Å². The van der Waals surface area contributed by atoms with Crippen LogP contribution in [0.4, 0.5) is 0 Å². The Morgan fingerprint density at radius 1 is 1.15 bits per heavy atom. The van der Waals surface area contributed by atoms with Crippen LogP contribution in [0.15, 0.2) is 41.7 Å². The van der Waals surface area contributed by atoms with Crippen molar-refractivity contribution in [2.45, 2.75) is 25.7 Å². The summed E-state index contributed by atoms with van der Waals surface area (Å²) in [7, 11) is 0. The van der Waals surface area contributed by atoms with Crippen LogP contribution in [0.25, 0.3) is 0 Å². The summed E-state index contributed by atoms with van der Waals surface area (Å²) in [5.41, 5.74) is 3.51. The van der Waals surface area contributed by atoms with Crippen LogP contribution in [0.2, 0.25) is 0 Å². The van der Waals surface area contributed by atoms with E-state index in [9.17, 15) is 5.21 Å². The fourth-order valence-corrected chi connectivity index (χ4v) is 4.54. The molecule has 0 bridgehead atoms. The van der Waals surface area contributed by atoms with Crippen molar-refractivity contribution in [1.82, 2.24) is 9.88 Å². The van der Waals surface area contributed by atoms with Crippen molar-refractivity contribution >= 4 is 17.6 Å².